The van der Waals surface area contributed by atoms with Crippen LogP contribution in [-0.4, -0.2) is 280 Å². The van der Waals surface area contributed by atoms with Gasteiger partial charge in [-0.1, -0.05) is 124 Å². The van der Waals surface area contributed by atoms with Gasteiger partial charge in [0.15, 0.2) is 11.9 Å². The Morgan fingerprint density at radius 1 is 0.493 bits per heavy atom. The van der Waals surface area contributed by atoms with Crippen LogP contribution >= 0.6 is 11.8 Å². The zero-order valence-electron chi connectivity index (χ0n) is 78.1. The van der Waals surface area contributed by atoms with E-state index in [2.05, 4.69) is 90.1 Å². The van der Waals surface area contributed by atoms with Crippen molar-refractivity contribution in [2.24, 2.45) is 52.5 Å². The molecule has 1 aliphatic heterocycles. The van der Waals surface area contributed by atoms with Crippen molar-refractivity contribution >= 4 is 141 Å². The molecule has 744 valence electrons. The number of aliphatic carboxylic acids is 2. The zero-order chi connectivity index (χ0) is 100. The van der Waals surface area contributed by atoms with Crippen LogP contribution < -0.4 is 108 Å². The molecule has 1 aromatic heterocycles. The Morgan fingerprint density at radius 2 is 0.963 bits per heavy atom. The van der Waals surface area contributed by atoms with Gasteiger partial charge in [-0.05, 0) is 136 Å². The third-order valence-corrected chi connectivity index (χ3v) is 22.6. The highest BCUT2D eigenvalue weighted by molar-refractivity contribution is 7.98. The van der Waals surface area contributed by atoms with Crippen LogP contribution in [0.2, 0.25) is 0 Å². The maximum Gasteiger partial charge on any atom is 0.326 e. The Labute approximate surface area is 783 Å². The summed E-state index contributed by atoms with van der Waals surface area (Å²) in [5.74, 6) is -19.6. The molecule has 3 aromatic rings. The molecule has 134 heavy (non-hydrogen) atoms. The Bertz CT molecular complexity index is 4500. The molecule has 16 amide bonds. The molecule has 0 aliphatic carbocycles. The second kappa shape index (κ2) is 58.3. The number of primary amides is 1. The fourth-order valence-corrected chi connectivity index (χ4v) is 15.1. The highest BCUT2D eigenvalue weighted by atomic mass is 32.2. The van der Waals surface area contributed by atoms with Gasteiger partial charge in [-0.3, -0.25) is 92.3 Å². The van der Waals surface area contributed by atoms with Gasteiger partial charge in [-0.25, -0.2) is 4.79 Å². The van der Waals surface area contributed by atoms with Crippen molar-refractivity contribution in [2.75, 3.05) is 51.3 Å². The molecule has 2 aromatic carbocycles. The Balaban J connectivity index is 1.56. The molecule has 0 unspecified atom stereocenters. The molecule has 0 radical (unpaired) electrons. The molecule has 15 atom stereocenters. The van der Waals surface area contributed by atoms with E-state index in [-0.39, 0.29) is 126 Å². The molecule has 0 spiro atoms. The van der Waals surface area contributed by atoms with Gasteiger partial charge in [0, 0.05) is 56.0 Å². The lowest BCUT2D eigenvalue weighted by Gasteiger charge is -2.30. The number of amides is 16. The molecule has 0 bridgehead atoms. The van der Waals surface area contributed by atoms with Gasteiger partial charge in [0.25, 0.3) is 0 Å². The minimum absolute atomic E-state index is 0.0228. The number of para-hydroxylation sites is 1. The monoisotopic (exact) mass is 1900 g/mol. The van der Waals surface area contributed by atoms with Crippen LogP contribution in [0, 0.1) is 40.4 Å². The lowest BCUT2D eigenvalue weighted by molar-refractivity contribution is -0.142. The first-order chi connectivity index (χ1) is 63.3. The van der Waals surface area contributed by atoms with E-state index in [1.807, 2.05) is 0 Å². The quantitative estimate of drug-likeness (QED) is 0.0149. The summed E-state index contributed by atoms with van der Waals surface area (Å²) >= 11 is 1.42. The fourth-order valence-electron chi connectivity index (χ4n) is 14.6. The number of thioether (sulfide) groups is 1. The molecular formula is C88H140N24O21S. The highest BCUT2D eigenvalue weighted by Gasteiger charge is 2.42. The van der Waals surface area contributed by atoms with E-state index < -0.39 is 242 Å². The molecule has 4 rings (SSSR count). The number of aliphatic hydroxyl groups excluding tert-OH is 1. The van der Waals surface area contributed by atoms with Gasteiger partial charge in [0.1, 0.15) is 78.5 Å². The first kappa shape index (κ1) is 114. The summed E-state index contributed by atoms with van der Waals surface area (Å²) in [6, 6.07) is -4.85. The number of guanidine groups is 2. The molecule has 1 fully saturated rings. The van der Waals surface area contributed by atoms with E-state index in [4.69, 9.17) is 33.8 Å². The predicted molar refractivity (Wildman–Crippen MR) is 498 cm³/mol. The lowest BCUT2D eigenvalue weighted by atomic mass is 9.97. The van der Waals surface area contributed by atoms with Gasteiger partial charge < -0.3 is 133 Å². The summed E-state index contributed by atoms with van der Waals surface area (Å²) in [6.45, 7) is 14.8. The number of carbonyl (C=O) groups is 18. The number of hydrogen-bond donors (Lipinski definition) is 26. The van der Waals surface area contributed by atoms with Crippen molar-refractivity contribution in [3.8, 4) is 0 Å². The van der Waals surface area contributed by atoms with E-state index in [0.717, 1.165) is 0 Å². The number of aliphatic hydroxyl groups is 1. The summed E-state index contributed by atoms with van der Waals surface area (Å²) in [5.41, 5.74) is 24.2. The first-order valence-electron chi connectivity index (χ1n) is 45.1. The molecular weight excluding hydrogens is 1760 g/mol. The molecule has 30 N–H and O–H groups in total. The van der Waals surface area contributed by atoms with E-state index in [0.29, 0.717) is 40.6 Å². The Morgan fingerprint density at radius 3 is 1.52 bits per heavy atom. The third-order valence-electron chi connectivity index (χ3n) is 22.0. The number of H-pyrrole nitrogens is 1. The number of carboxylic acid groups (broad SMARTS) is 2. The largest absolute Gasteiger partial charge is 0.481 e. The number of unbranched alkanes of at least 4 members (excludes halogenated alkanes) is 1. The Hall–Kier alpha value is -12.7. The van der Waals surface area contributed by atoms with Crippen molar-refractivity contribution in [2.45, 2.75) is 263 Å². The zero-order valence-corrected chi connectivity index (χ0v) is 78.9. The van der Waals surface area contributed by atoms with Crippen molar-refractivity contribution in [1.29, 1.82) is 10.8 Å². The minimum Gasteiger partial charge on any atom is -0.481 e. The number of hydrogen-bond acceptors (Lipinski definition) is 23. The van der Waals surface area contributed by atoms with Gasteiger partial charge in [0.2, 0.25) is 94.5 Å². The van der Waals surface area contributed by atoms with E-state index in [1.165, 1.54) is 16.7 Å². The van der Waals surface area contributed by atoms with Crippen molar-refractivity contribution < 1.29 is 102 Å². The van der Waals surface area contributed by atoms with Crippen molar-refractivity contribution in [3.05, 3.63) is 71.9 Å². The summed E-state index contributed by atoms with van der Waals surface area (Å²) < 4.78 is 0. The van der Waals surface area contributed by atoms with Crippen LogP contribution in [0.4, 0.5) is 0 Å². The predicted octanol–water partition coefficient (Wildman–Crippen LogP) is -3.35. The number of carbonyl (C=O) groups excluding carboxylic acids is 16. The van der Waals surface area contributed by atoms with Crippen LogP contribution in [0.15, 0.2) is 60.8 Å². The minimum atomic E-state index is -1.85. The van der Waals surface area contributed by atoms with E-state index >= 15 is 0 Å². The van der Waals surface area contributed by atoms with Gasteiger partial charge in [0.05, 0.1) is 32.2 Å². The summed E-state index contributed by atoms with van der Waals surface area (Å²) in [4.78, 5) is 255. The number of aromatic amines is 1. The second-order valence-electron chi connectivity index (χ2n) is 34.9. The Kier molecular flexibility index (Phi) is 49.4. The van der Waals surface area contributed by atoms with Crippen molar-refractivity contribution in [3.63, 3.8) is 0 Å². The van der Waals surface area contributed by atoms with Crippen LogP contribution in [0.1, 0.15) is 177 Å². The highest BCUT2D eigenvalue weighted by Crippen LogP contribution is 2.23. The number of likely N-dealkylation sites (tertiary alicyclic amines) is 1. The number of nitrogens with zero attached hydrogens (tertiary/aromatic N) is 1. The first-order valence-corrected chi connectivity index (χ1v) is 46.5. The fraction of sp³-hybridized carbons (Fsp3) is 0.614. The number of fused-ring (bicyclic) bond motifs is 1. The topological polar surface area (TPSA) is 731 Å². The van der Waals surface area contributed by atoms with Crippen molar-refractivity contribution in [1.82, 2.24) is 95.0 Å². The third kappa shape index (κ3) is 40.4. The standard InChI is InChI=1S/C88H140N24O21S/c1-12-50(10)72(83(129)99-44-69(116)100-59(36-46(2)3)76(122)105-60(37-47(4)5)77(123)104-58(86(132)133)27-20-33-96-88(93)94)111-75(121)56(26-18-19-32-95-87(91)92)103-84(130)71(49(8)9)110-80(126)61(38-48(6)7)106-79(125)63(41-67(90)114)107-78(124)62(40-52-42-97-55-25-17-16-24-53(52)55)101-68(115)43-98-82(128)66-28-21-34-112(66)85(131)64(39-51-22-14-13-15-23-51)108-81(127)65(45-113)109-74(120)57(29-30-70(117)118)102-73(119)54(89)31-35-134-11/h13-17,22-25,42,46-50,54,56-66,71-72,97,113H,12,18-21,26-41,43-45,89H2,1-11H3,(H2,90,114)(H,98,128)(H,99,129)(H,100,116)(H,101,115)(H,102,119)(H,103,130)(H,104,123)(H,105,122)(H,106,125)(H,107,124)(H,108,127)(H,109,120)(H,110,126)(H,111,121)(H,117,118)(H,132,133)(H4,91,92,95)(H4,93,94,96)/t50-,54-,56-,57-,58-,59-,60-,61-,62-,63-,64-,65-,66-,71-,72-/m0/s1. The van der Waals surface area contributed by atoms with Gasteiger partial charge in [-0.2, -0.15) is 11.8 Å². The number of rotatable bonds is 61. The van der Waals surface area contributed by atoms with Crippen LogP contribution in [-0.2, 0) is 99.1 Å². The van der Waals surface area contributed by atoms with Gasteiger partial charge >= 0.3 is 11.9 Å². The normalized spacial score (nSPS) is 15.5. The lowest BCUT2D eigenvalue weighted by Crippen LogP contribution is -2.61. The summed E-state index contributed by atoms with van der Waals surface area (Å²) in [7, 11) is 0. The average Bonchev–Trinajstić information content (AvgIpc) is 1.66. The molecule has 46 heteroatoms. The smallest absolute Gasteiger partial charge is 0.326 e. The summed E-state index contributed by atoms with van der Waals surface area (Å²) in [6.07, 6.45) is 2.48. The van der Waals surface area contributed by atoms with E-state index in [1.54, 1.807) is 136 Å². The van der Waals surface area contributed by atoms with E-state index in [9.17, 15) is 102 Å². The molecule has 1 saturated heterocycles. The second-order valence-corrected chi connectivity index (χ2v) is 35.9. The molecule has 0 saturated carbocycles. The SMILES string of the molecule is CC[C@H](C)[C@H](NC(=O)[C@H](CCCCNC(=N)N)NC(=O)[C@@H](NC(=O)[C@H](CC(C)C)NC(=O)[C@H](CC(N)=O)NC(=O)[C@H](Cc1c[nH]c2ccccc12)NC(=O)CNC(=O)[C@@H]1CCCN1C(=O)[C@H](Cc1ccccc1)NC(=O)[C@H](CO)NC(=O)[C@H](CCC(=O)O)NC(=O)[C@@H](N)CCSC)C(C)C)C(=O)NCC(=O)N[C@@H](CC(C)C)C(=O)N[C@@H](CC(C)C)C(=O)N[C@@H](CCCNC(=N)N)C(=O)O. The number of nitrogens with two attached hydrogens (primary N) is 4. The number of carboxylic acids is 2. The van der Waals surface area contributed by atoms with Crippen LogP contribution in [0.25, 0.3) is 10.9 Å². The maximum absolute atomic E-state index is 14.9. The average molecular weight is 1900 g/mol. The van der Waals surface area contributed by atoms with Crippen LogP contribution in [0.3, 0.4) is 0 Å². The van der Waals surface area contributed by atoms with Crippen LogP contribution in [0.5, 0.6) is 0 Å². The number of nitrogens with one attached hydrogen (secondary N) is 19. The molecule has 2 heterocycles. The molecule has 1 aliphatic rings. The maximum atomic E-state index is 14.9. The summed E-state index contributed by atoms with van der Waals surface area (Å²) in [5, 5.41) is 86.6. The van der Waals surface area contributed by atoms with Gasteiger partial charge in [-0.15, -0.1) is 0 Å². The number of aromatic nitrogens is 1. The number of benzene rings is 2. The molecule has 45 nitrogen and oxygen atoms in total.